The van der Waals surface area contributed by atoms with Gasteiger partial charge in [0.2, 0.25) is 17.7 Å². The number of piperidine rings is 1. The fraction of sp³-hybridized carbons (Fsp3) is 0.377. The number of hydrogen-bond acceptors (Lipinski definition) is 12. The van der Waals surface area contributed by atoms with E-state index in [1.807, 2.05) is 63.8 Å². The summed E-state index contributed by atoms with van der Waals surface area (Å²) in [4.78, 5) is 74.8. The first-order valence-electron chi connectivity index (χ1n) is 24.5. The molecule has 16 nitrogen and oxygen atoms in total. The quantitative estimate of drug-likeness (QED) is 0.0821. The van der Waals surface area contributed by atoms with Gasteiger partial charge in [0, 0.05) is 119 Å². The van der Waals surface area contributed by atoms with Gasteiger partial charge in [0.1, 0.15) is 29.0 Å². The van der Waals surface area contributed by atoms with Gasteiger partial charge >= 0.3 is 0 Å². The summed E-state index contributed by atoms with van der Waals surface area (Å²) in [6.07, 6.45) is 5.70. The second-order valence-corrected chi connectivity index (χ2v) is 18.8. The molecule has 17 heteroatoms. The monoisotopic (exact) mass is 946 g/mol. The van der Waals surface area contributed by atoms with Crippen LogP contribution in [0.25, 0.3) is 28.1 Å². The van der Waals surface area contributed by atoms with Crippen molar-refractivity contribution in [2.75, 3.05) is 74.9 Å². The highest BCUT2D eigenvalue weighted by atomic mass is 19.1. The summed E-state index contributed by atoms with van der Waals surface area (Å²) < 4.78 is 17.7. The van der Waals surface area contributed by atoms with Crippen LogP contribution in [0.3, 0.4) is 0 Å². The van der Waals surface area contributed by atoms with Crippen LogP contribution in [0.4, 0.5) is 21.6 Å². The van der Waals surface area contributed by atoms with E-state index in [0.29, 0.717) is 91.9 Å². The summed E-state index contributed by atoms with van der Waals surface area (Å²) in [6, 6.07) is 26.3. The summed E-state index contributed by atoms with van der Waals surface area (Å²) in [5.41, 5.74) is 14.7. The normalized spacial score (nSPS) is 17.9. The number of anilines is 3. The van der Waals surface area contributed by atoms with E-state index in [9.17, 15) is 19.2 Å². The molecular weight excluding hydrogens is 888 g/mol. The number of fused-ring (bicyclic) bond motifs is 2. The van der Waals surface area contributed by atoms with Crippen molar-refractivity contribution >= 4 is 52.0 Å². The number of nitrogens with zero attached hydrogens (tertiary/aromatic N) is 9. The number of amides is 4. The van der Waals surface area contributed by atoms with Crippen molar-refractivity contribution < 1.29 is 23.6 Å². The highest BCUT2D eigenvalue weighted by Crippen LogP contribution is 2.33. The standard InChI is InChI=1S/C53H59FN12O4/c1-35-58-45-15-14-43(38-19-20-56-48(55)30-38)59-51(45)66(35)39-13-16-46(42(54)31-39)63-26-28-64(29-27-63)50(68)8-3-2-4-21-61-22-24-62(25-23-61)33-37-11-9-36(10-12-37)32-57-44-7-5-6-40-41(44)34-65(53(40)70)47-17-18-49(67)60-52(47)69/h5-7,9-16,19-20,30-31,47,57H,2-4,8,17-18,21-29,32-34H2,1H3,(H2,55,56)(H,60,67,69). The molecule has 4 amide bonds. The second kappa shape index (κ2) is 20.4. The van der Waals surface area contributed by atoms with Gasteiger partial charge in [0.25, 0.3) is 5.91 Å². The van der Waals surface area contributed by atoms with Crippen LogP contribution >= 0.6 is 0 Å². The van der Waals surface area contributed by atoms with E-state index < -0.39 is 11.9 Å². The Bertz CT molecular complexity index is 2930. The van der Waals surface area contributed by atoms with Crippen LogP contribution in [-0.4, -0.2) is 128 Å². The van der Waals surface area contributed by atoms with E-state index in [2.05, 4.69) is 54.7 Å². The molecule has 362 valence electrons. The van der Waals surface area contributed by atoms with Gasteiger partial charge in [-0.15, -0.1) is 0 Å². The van der Waals surface area contributed by atoms with E-state index in [0.717, 1.165) is 86.6 Å². The Hall–Kier alpha value is -7.24. The zero-order valence-corrected chi connectivity index (χ0v) is 39.6. The Morgan fingerprint density at radius 1 is 0.843 bits per heavy atom. The lowest BCUT2D eigenvalue weighted by atomic mass is 10.0. The van der Waals surface area contributed by atoms with Gasteiger partial charge in [-0.25, -0.2) is 19.3 Å². The molecule has 7 heterocycles. The van der Waals surface area contributed by atoms with Crippen molar-refractivity contribution in [3.63, 3.8) is 0 Å². The molecule has 10 rings (SSSR count). The topological polar surface area (TPSA) is 178 Å². The number of piperazine rings is 2. The minimum atomic E-state index is -0.637. The van der Waals surface area contributed by atoms with Crippen LogP contribution in [0.15, 0.2) is 91.1 Å². The number of carbonyl (C=O) groups is 4. The van der Waals surface area contributed by atoms with E-state index in [1.165, 1.54) is 11.6 Å². The molecule has 70 heavy (non-hydrogen) atoms. The fourth-order valence-electron chi connectivity index (χ4n) is 10.3. The number of aryl methyl sites for hydroxylation is 1. The summed E-state index contributed by atoms with van der Waals surface area (Å²) >= 11 is 0. The number of imide groups is 1. The predicted octanol–water partition coefficient (Wildman–Crippen LogP) is 5.91. The van der Waals surface area contributed by atoms with Crippen molar-refractivity contribution in [1.82, 2.24) is 44.4 Å². The molecule has 4 N–H and O–H groups in total. The summed E-state index contributed by atoms with van der Waals surface area (Å²) in [5.74, 6) is 0.0827. The highest BCUT2D eigenvalue weighted by molar-refractivity contribution is 6.06. The molecule has 4 aliphatic rings. The van der Waals surface area contributed by atoms with Crippen LogP contribution in [0.5, 0.6) is 0 Å². The maximum Gasteiger partial charge on any atom is 0.255 e. The Kier molecular flexibility index (Phi) is 13.5. The van der Waals surface area contributed by atoms with Crippen LogP contribution < -0.4 is 21.3 Å². The SMILES string of the molecule is Cc1nc2ccc(-c3ccnc(N)c3)nc2n1-c1ccc(N2CCN(C(=O)CCCCCN3CCN(Cc4ccc(CNc5cccc6c5CN(C5CCC(=O)NC5=O)C6=O)cc4)CC3)CC2)c(F)c1. The van der Waals surface area contributed by atoms with Crippen molar-refractivity contribution in [2.24, 2.45) is 0 Å². The van der Waals surface area contributed by atoms with E-state index in [4.69, 9.17) is 10.7 Å². The molecule has 3 aromatic heterocycles. The van der Waals surface area contributed by atoms with E-state index in [-0.39, 0.29) is 30.0 Å². The van der Waals surface area contributed by atoms with Crippen LogP contribution in [0.1, 0.15) is 71.4 Å². The number of benzene rings is 3. The summed E-state index contributed by atoms with van der Waals surface area (Å²) in [7, 11) is 0. The van der Waals surface area contributed by atoms with Crippen LogP contribution in [0, 0.1) is 12.7 Å². The largest absolute Gasteiger partial charge is 0.384 e. The number of unbranched alkanes of at least 4 members (excludes halogenated alkanes) is 2. The first-order chi connectivity index (χ1) is 34.0. The van der Waals surface area contributed by atoms with Gasteiger partial charge in [0.15, 0.2) is 5.65 Å². The molecule has 0 spiro atoms. The molecule has 3 aromatic carbocycles. The minimum Gasteiger partial charge on any atom is -0.384 e. The number of aromatic nitrogens is 4. The molecule has 3 saturated heterocycles. The molecule has 0 saturated carbocycles. The third-order valence-corrected chi connectivity index (χ3v) is 14.2. The van der Waals surface area contributed by atoms with Gasteiger partial charge < -0.3 is 30.7 Å². The first kappa shape index (κ1) is 46.5. The van der Waals surface area contributed by atoms with Gasteiger partial charge in [-0.2, -0.15) is 0 Å². The molecular formula is C53H59FN12O4. The number of imidazole rings is 1. The van der Waals surface area contributed by atoms with Crippen molar-refractivity contribution in [3.8, 4) is 16.9 Å². The second-order valence-electron chi connectivity index (χ2n) is 18.8. The predicted molar refractivity (Wildman–Crippen MR) is 266 cm³/mol. The molecule has 3 fully saturated rings. The van der Waals surface area contributed by atoms with E-state index >= 15 is 4.39 Å². The van der Waals surface area contributed by atoms with Gasteiger partial charge in [-0.05, 0) is 92.4 Å². The number of halogens is 1. The molecule has 0 radical (unpaired) electrons. The molecule has 0 aliphatic carbocycles. The van der Waals surface area contributed by atoms with Crippen LogP contribution in [0.2, 0.25) is 0 Å². The molecule has 1 unspecified atom stereocenters. The van der Waals surface area contributed by atoms with Gasteiger partial charge in [-0.1, -0.05) is 36.8 Å². The number of carbonyl (C=O) groups excluding carboxylic acids is 4. The lowest BCUT2D eigenvalue weighted by molar-refractivity contribution is -0.137. The van der Waals surface area contributed by atoms with Crippen molar-refractivity contribution in [3.05, 3.63) is 125 Å². The van der Waals surface area contributed by atoms with Crippen molar-refractivity contribution in [2.45, 2.75) is 71.1 Å². The molecule has 0 bridgehead atoms. The summed E-state index contributed by atoms with van der Waals surface area (Å²) in [6.45, 7) is 11.1. The maximum absolute atomic E-state index is 15.8. The fourth-order valence-corrected chi connectivity index (χ4v) is 10.3. The zero-order chi connectivity index (χ0) is 48.3. The lowest BCUT2D eigenvalue weighted by Gasteiger charge is -2.36. The third-order valence-electron chi connectivity index (χ3n) is 14.2. The highest BCUT2D eigenvalue weighted by Gasteiger charge is 2.40. The molecule has 4 aliphatic heterocycles. The number of pyridine rings is 2. The third kappa shape index (κ3) is 10.1. The number of hydrogen-bond donors (Lipinski definition) is 3. The Morgan fingerprint density at radius 3 is 2.40 bits per heavy atom. The Labute approximate surface area is 406 Å². The number of nitrogen functional groups attached to an aromatic ring is 1. The Balaban J connectivity index is 0.615. The smallest absolute Gasteiger partial charge is 0.255 e. The van der Waals surface area contributed by atoms with Gasteiger partial charge in [-0.3, -0.25) is 34.0 Å². The number of nitrogens with two attached hydrogens (primary N) is 1. The number of nitrogens with one attached hydrogen (secondary N) is 2. The first-order valence-corrected chi connectivity index (χ1v) is 24.5. The van der Waals surface area contributed by atoms with E-state index in [1.54, 1.807) is 23.2 Å². The lowest BCUT2D eigenvalue weighted by Crippen LogP contribution is -2.52. The Morgan fingerprint density at radius 2 is 1.63 bits per heavy atom. The summed E-state index contributed by atoms with van der Waals surface area (Å²) in [5, 5.41) is 5.88. The zero-order valence-electron chi connectivity index (χ0n) is 39.6. The molecule has 6 aromatic rings. The van der Waals surface area contributed by atoms with Gasteiger partial charge in [0.05, 0.1) is 17.1 Å². The maximum atomic E-state index is 15.8. The minimum absolute atomic E-state index is 0.175. The average Bonchev–Trinajstić information content (AvgIpc) is 3.89. The molecule has 1 atom stereocenters. The number of rotatable bonds is 15. The average molecular weight is 947 g/mol. The van der Waals surface area contributed by atoms with Crippen molar-refractivity contribution in [1.29, 1.82) is 0 Å². The van der Waals surface area contributed by atoms with Crippen LogP contribution in [-0.2, 0) is 34.0 Å².